The van der Waals surface area contributed by atoms with Crippen molar-refractivity contribution in [2.75, 3.05) is 13.2 Å². The molecule has 0 radical (unpaired) electrons. The van der Waals surface area contributed by atoms with Crippen LogP contribution in [0.5, 0.6) is 0 Å². The molecule has 0 aliphatic heterocycles. The first kappa shape index (κ1) is 15.6. The molecule has 5 heteroatoms. The summed E-state index contributed by atoms with van der Waals surface area (Å²) < 4.78 is 24.8. The number of hydrogen-bond donors (Lipinski definition) is 1. The van der Waals surface area contributed by atoms with Crippen LogP contribution >= 0.6 is 15.9 Å². The van der Waals surface area contributed by atoms with E-state index in [4.69, 9.17) is 9.47 Å². The van der Waals surface area contributed by atoms with Crippen LogP contribution in [0.15, 0.2) is 22.7 Å². The highest BCUT2D eigenvalue weighted by atomic mass is 79.9. The van der Waals surface area contributed by atoms with Crippen LogP contribution in [0.4, 0.5) is 4.39 Å². The average Bonchev–Trinajstić information content (AvgIpc) is 2.32. The van der Waals surface area contributed by atoms with Crippen molar-refractivity contribution in [2.24, 2.45) is 0 Å². The molecule has 102 valence electrons. The van der Waals surface area contributed by atoms with Crippen molar-refractivity contribution >= 4 is 15.9 Å². The molecule has 0 aliphatic carbocycles. The smallest absolute Gasteiger partial charge is 0.183 e. The number of rotatable bonds is 7. The third-order valence-corrected chi connectivity index (χ3v) is 2.91. The standard InChI is InChI=1S/C13H18BrFO3/c1-3-17-13(18-4-2)12(16)7-9-5-6-10(14)8-11(9)15/h5-6,8,12-13,16H,3-4,7H2,1-2H3. The van der Waals surface area contributed by atoms with Gasteiger partial charge in [0.1, 0.15) is 11.9 Å². The molecule has 1 N–H and O–H groups in total. The molecule has 0 spiro atoms. The van der Waals surface area contributed by atoms with Crippen LogP contribution in [0.25, 0.3) is 0 Å². The summed E-state index contributed by atoms with van der Waals surface area (Å²) in [5.74, 6) is -0.352. The van der Waals surface area contributed by atoms with Crippen molar-refractivity contribution < 1.29 is 19.0 Å². The third kappa shape index (κ3) is 4.65. The fourth-order valence-corrected chi connectivity index (χ4v) is 1.94. The first-order valence-electron chi connectivity index (χ1n) is 5.93. The molecule has 0 saturated carbocycles. The summed E-state index contributed by atoms with van der Waals surface area (Å²) in [6, 6.07) is 4.75. The Labute approximate surface area is 115 Å². The third-order valence-electron chi connectivity index (χ3n) is 2.42. The van der Waals surface area contributed by atoms with Gasteiger partial charge in [0.15, 0.2) is 6.29 Å². The van der Waals surface area contributed by atoms with Crippen molar-refractivity contribution in [3.8, 4) is 0 Å². The lowest BCUT2D eigenvalue weighted by Gasteiger charge is -2.22. The minimum atomic E-state index is -0.888. The maximum atomic E-state index is 13.6. The zero-order chi connectivity index (χ0) is 13.5. The Morgan fingerprint density at radius 2 is 1.89 bits per heavy atom. The van der Waals surface area contributed by atoms with E-state index in [9.17, 15) is 9.50 Å². The summed E-state index contributed by atoms with van der Waals surface area (Å²) in [4.78, 5) is 0. The number of benzene rings is 1. The van der Waals surface area contributed by atoms with E-state index in [0.29, 0.717) is 23.2 Å². The molecule has 0 bridgehead atoms. The van der Waals surface area contributed by atoms with Gasteiger partial charge in [-0.3, -0.25) is 0 Å². The van der Waals surface area contributed by atoms with E-state index in [-0.39, 0.29) is 12.2 Å². The van der Waals surface area contributed by atoms with Gasteiger partial charge >= 0.3 is 0 Å². The molecule has 0 aromatic heterocycles. The Kier molecular flexibility index (Phi) is 6.78. The van der Waals surface area contributed by atoms with Gasteiger partial charge in [0.25, 0.3) is 0 Å². The summed E-state index contributed by atoms with van der Waals surface area (Å²) in [6.07, 6.45) is -1.45. The quantitative estimate of drug-likeness (QED) is 0.785. The molecule has 1 aromatic rings. The number of hydrogen-bond acceptors (Lipinski definition) is 3. The SMILES string of the molecule is CCOC(OCC)C(O)Cc1ccc(Br)cc1F. The van der Waals surface area contributed by atoms with E-state index in [1.165, 1.54) is 6.07 Å². The molecule has 0 amide bonds. The second-order valence-electron chi connectivity index (χ2n) is 3.79. The second-order valence-corrected chi connectivity index (χ2v) is 4.70. The largest absolute Gasteiger partial charge is 0.387 e. The van der Waals surface area contributed by atoms with Crippen LogP contribution in [0, 0.1) is 5.82 Å². The fourth-order valence-electron chi connectivity index (χ4n) is 1.61. The van der Waals surface area contributed by atoms with Crippen molar-refractivity contribution in [1.82, 2.24) is 0 Å². The number of aliphatic hydroxyl groups excluding tert-OH is 1. The van der Waals surface area contributed by atoms with Crippen LogP contribution in [-0.4, -0.2) is 30.7 Å². The first-order chi connectivity index (χ1) is 8.58. The second kappa shape index (κ2) is 7.84. The molecular formula is C13H18BrFO3. The lowest BCUT2D eigenvalue weighted by Crippen LogP contribution is -2.33. The topological polar surface area (TPSA) is 38.7 Å². The molecule has 3 nitrogen and oxygen atoms in total. The van der Waals surface area contributed by atoms with E-state index in [1.54, 1.807) is 12.1 Å². The number of ether oxygens (including phenoxy) is 2. The highest BCUT2D eigenvalue weighted by molar-refractivity contribution is 9.10. The Morgan fingerprint density at radius 3 is 2.39 bits per heavy atom. The highest BCUT2D eigenvalue weighted by Gasteiger charge is 2.21. The Balaban J connectivity index is 2.69. The van der Waals surface area contributed by atoms with Crippen molar-refractivity contribution in [1.29, 1.82) is 0 Å². The van der Waals surface area contributed by atoms with E-state index >= 15 is 0 Å². The van der Waals surface area contributed by atoms with E-state index < -0.39 is 12.4 Å². The summed E-state index contributed by atoms with van der Waals surface area (Å²) in [6.45, 7) is 4.51. The zero-order valence-corrected chi connectivity index (χ0v) is 12.1. The van der Waals surface area contributed by atoms with Crippen molar-refractivity contribution in [2.45, 2.75) is 32.7 Å². The first-order valence-corrected chi connectivity index (χ1v) is 6.73. The molecule has 0 saturated heterocycles. The van der Waals surface area contributed by atoms with Crippen molar-refractivity contribution in [3.63, 3.8) is 0 Å². The van der Waals surface area contributed by atoms with Gasteiger partial charge in [-0.15, -0.1) is 0 Å². The summed E-state index contributed by atoms with van der Waals surface area (Å²) in [5.41, 5.74) is 0.440. The normalized spacial score (nSPS) is 13.0. The van der Waals surface area contributed by atoms with Gasteiger partial charge in [0.2, 0.25) is 0 Å². The lowest BCUT2D eigenvalue weighted by molar-refractivity contribution is -0.188. The molecule has 0 aliphatic rings. The summed E-state index contributed by atoms with van der Waals surface area (Å²) in [7, 11) is 0. The van der Waals surface area contributed by atoms with Crippen LogP contribution in [0.1, 0.15) is 19.4 Å². The Hall–Kier alpha value is -0.490. The van der Waals surface area contributed by atoms with Gasteiger partial charge in [-0.2, -0.15) is 0 Å². The molecule has 0 fully saturated rings. The van der Waals surface area contributed by atoms with Gasteiger partial charge in [0.05, 0.1) is 0 Å². The predicted octanol–water partition coefficient (Wildman–Crippen LogP) is 2.89. The van der Waals surface area contributed by atoms with Crippen molar-refractivity contribution in [3.05, 3.63) is 34.1 Å². The molecule has 18 heavy (non-hydrogen) atoms. The monoisotopic (exact) mass is 320 g/mol. The number of aliphatic hydroxyl groups is 1. The molecule has 1 rings (SSSR count). The lowest BCUT2D eigenvalue weighted by atomic mass is 10.1. The van der Waals surface area contributed by atoms with Gasteiger partial charge < -0.3 is 14.6 Å². The van der Waals surface area contributed by atoms with E-state index in [2.05, 4.69) is 15.9 Å². The molecule has 1 aromatic carbocycles. The van der Waals surface area contributed by atoms with E-state index in [1.807, 2.05) is 13.8 Å². The van der Waals surface area contributed by atoms with Gasteiger partial charge in [0, 0.05) is 24.1 Å². The van der Waals surface area contributed by atoms with E-state index in [0.717, 1.165) is 0 Å². The number of halogens is 2. The molecule has 0 heterocycles. The van der Waals surface area contributed by atoms with Crippen LogP contribution in [0.3, 0.4) is 0 Å². The maximum Gasteiger partial charge on any atom is 0.183 e. The van der Waals surface area contributed by atoms with Gasteiger partial charge in [-0.25, -0.2) is 4.39 Å². The van der Waals surface area contributed by atoms with Gasteiger partial charge in [-0.1, -0.05) is 22.0 Å². The average molecular weight is 321 g/mol. The molecule has 1 unspecified atom stereocenters. The van der Waals surface area contributed by atoms with Crippen LogP contribution < -0.4 is 0 Å². The minimum Gasteiger partial charge on any atom is -0.387 e. The minimum absolute atomic E-state index is 0.157. The predicted molar refractivity (Wildman–Crippen MR) is 70.9 cm³/mol. The highest BCUT2D eigenvalue weighted by Crippen LogP contribution is 2.18. The molecular weight excluding hydrogens is 303 g/mol. The maximum absolute atomic E-state index is 13.6. The fraction of sp³-hybridized carbons (Fsp3) is 0.538. The Bertz CT molecular complexity index is 367. The summed E-state index contributed by atoms with van der Waals surface area (Å²) in [5, 5.41) is 9.99. The van der Waals surface area contributed by atoms with Crippen LogP contribution in [-0.2, 0) is 15.9 Å². The zero-order valence-electron chi connectivity index (χ0n) is 10.5. The molecule has 1 atom stereocenters. The van der Waals surface area contributed by atoms with Crippen LogP contribution in [0.2, 0.25) is 0 Å². The summed E-state index contributed by atoms with van der Waals surface area (Å²) >= 11 is 3.19. The Morgan fingerprint density at radius 1 is 1.28 bits per heavy atom. The van der Waals surface area contributed by atoms with Gasteiger partial charge in [-0.05, 0) is 31.5 Å².